The van der Waals surface area contributed by atoms with Crippen molar-refractivity contribution >= 4 is 16.9 Å². The molecular weight excluding hydrogens is 244 g/mol. The summed E-state index contributed by atoms with van der Waals surface area (Å²) in [6.45, 7) is 0. The summed E-state index contributed by atoms with van der Waals surface area (Å²) in [7, 11) is 1.74. The molecule has 96 valence electrons. The molecule has 3 rings (SSSR count). The Balaban J connectivity index is 2.19. The van der Waals surface area contributed by atoms with Crippen LogP contribution in [0.4, 0.5) is 0 Å². The Morgan fingerprint density at radius 2 is 2.16 bits per heavy atom. The Kier molecular flexibility index (Phi) is 2.59. The minimum atomic E-state index is -0.877. The lowest BCUT2D eigenvalue weighted by molar-refractivity contribution is -0.136. The Morgan fingerprint density at radius 3 is 2.95 bits per heavy atom. The Bertz CT molecular complexity index is 755. The third-order valence-corrected chi connectivity index (χ3v) is 3.15. The third-order valence-electron chi connectivity index (χ3n) is 3.15. The van der Waals surface area contributed by atoms with Crippen molar-refractivity contribution in [2.24, 2.45) is 7.05 Å². The SMILES string of the molecule is Cn1ncc(-c2coc3ccccc23)c1CC(=O)O. The van der Waals surface area contributed by atoms with Crippen LogP contribution < -0.4 is 0 Å². The number of para-hydroxylation sites is 1. The van der Waals surface area contributed by atoms with Crippen LogP contribution in [0.25, 0.3) is 22.1 Å². The molecule has 5 nitrogen and oxygen atoms in total. The van der Waals surface area contributed by atoms with Crippen LogP contribution in [0.5, 0.6) is 0 Å². The highest BCUT2D eigenvalue weighted by Gasteiger charge is 2.17. The quantitative estimate of drug-likeness (QED) is 0.781. The molecule has 1 N–H and O–H groups in total. The first-order valence-electron chi connectivity index (χ1n) is 5.86. The van der Waals surface area contributed by atoms with Gasteiger partial charge >= 0.3 is 5.97 Å². The summed E-state index contributed by atoms with van der Waals surface area (Å²) < 4.78 is 7.08. The van der Waals surface area contributed by atoms with Gasteiger partial charge in [0.25, 0.3) is 0 Å². The molecule has 0 radical (unpaired) electrons. The number of aliphatic carboxylic acids is 1. The van der Waals surface area contributed by atoms with Gasteiger partial charge in [0.1, 0.15) is 5.58 Å². The molecule has 1 aromatic carbocycles. The summed E-state index contributed by atoms with van der Waals surface area (Å²) in [5.41, 5.74) is 3.12. The van der Waals surface area contributed by atoms with Gasteiger partial charge < -0.3 is 9.52 Å². The molecule has 3 aromatic rings. The van der Waals surface area contributed by atoms with E-state index in [2.05, 4.69) is 5.10 Å². The van der Waals surface area contributed by atoms with Crippen LogP contribution in [0, 0.1) is 0 Å². The fourth-order valence-corrected chi connectivity index (χ4v) is 2.23. The normalized spacial score (nSPS) is 11.0. The molecule has 0 saturated heterocycles. The number of hydrogen-bond donors (Lipinski definition) is 1. The molecule has 0 aliphatic carbocycles. The van der Waals surface area contributed by atoms with Crippen LogP contribution in [-0.2, 0) is 18.3 Å². The number of aromatic nitrogens is 2. The number of hydrogen-bond acceptors (Lipinski definition) is 3. The molecule has 2 heterocycles. The van der Waals surface area contributed by atoms with Crippen molar-refractivity contribution in [3.05, 3.63) is 42.4 Å². The van der Waals surface area contributed by atoms with E-state index >= 15 is 0 Å². The molecule has 0 bridgehead atoms. The predicted octanol–water partition coefficient (Wildman–Crippen LogP) is 2.46. The summed E-state index contributed by atoms with van der Waals surface area (Å²) >= 11 is 0. The fourth-order valence-electron chi connectivity index (χ4n) is 2.23. The standard InChI is InChI=1S/C14H12N2O3/c1-16-12(6-14(17)18)10(7-15-16)11-8-19-13-5-3-2-4-9(11)13/h2-5,7-8H,6H2,1H3,(H,17,18). The van der Waals surface area contributed by atoms with Crippen LogP contribution in [0.15, 0.2) is 41.1 Å². The molecule has 0 aliphatic rings. The van der Waals surface area contributed by atoms with Gasteiger partial charge in [-0.3, -0.25) is 9.48 Å². The van der Waals surface area contributed by atoms with E-state index in [-0.39, 0.29) is 6.42 Å². The summed E-state index contributed by atoms with van der Waals surface area (Å²) in [5.74, 6) is -0.877. The molecular formula is C14H12N2O3. The molecule has 0 fully saturated rings. The summed E-state index contributed by atoms with van der Waals surface area (Å²) in [6, 6.07) is 7.66. The number of nitrogens with zero attached hydrogens (tertiary/aromatic N) is 2. The molecule has 2 aromatic heterocycles. The number of rotatable bonds is 3. The molecule has 0 aliphatic heterocycles. The third kappa shape index (κ3) is 1.89. The summed E-state index contributed by atoms with van der Waals surface area (Å²) in [4.78, 5) is 10.9. The number of furan rings is 1. The molecule has 0 atom stereocenters. The molecule has 0 amide bonds. The van der Waals surface area contributed by atoms with Gasteiger partial charge in [-0.1, -0.05) is 18.2 Å². The maximum atomic E-state index is 10.9. The van der Waals surface area contributed by atoms with Crippen LogP contribution in [0.3, 0.4) is 0 Å². The van der Waals surface area contributed by atoms with Crippen LogP contribution >= 0.6 is 0 Å². The minimum absolute atomic E-state index is 0.0641. The topological polar surface area (TPSA) is 68.3 Å². The Morgan fingerprint density at radius 1 is 1.37 bits per heavy atom. The van der Waals surface area contributed by atoms with E-state index in [1.807, 2.05) is 24.3 Å². The van der Waals surface area contributed by atoms with Crippen molar-refractivity contribution in [1.29, 1.82) is 0 Å². The van der Waals surface area contributed by atoms with Crippen LogP contribution in [0.1, 0.15) is 5.69 Å². The lowest BCUT2D eigenvalue weighted by Gasteiger charge is -2.02. The summed E-state index contributed by atoms with van der Waals surface area (Å²) in [6.07, 6.45) is 3.26. The van der Waals surface area contributed by atoms with Gasteiger partial charge in [0.05, 0.1) is 24.6 Å². The van der Waals surface area contributed by atoms with Crippen molar-refractivity contribution in [3.63, 3.8) is 0 Å². The maximum Gasteiger partial charge on any atom is 0.309 e. The van der Waals surface area contributed by atoms with E-state index in [0.717, 1.165) is 22.1 Å². The number of carbonyl (C=O) groups is 1. The second-order valence-corrected chi connectivity index (χ2v) is 4.34. The van der Waals surface area contributed by atoms with Gasteiger partial charge in [0, 0.05) is 23.6 Å². The second-order valence-electron chi connectivity index (χ2n) is 4.34. The number of aryl methyl sites for hydroxylation is 1. The van der Waals surface area contributed by atoms with E-state index < -0.39 is 5.97 Å². The highest BCUT2D eigenvalue weighted by Crippen LogP contribution is 2.32. The second kappa shape index (κ2) is 4.28. The predicted molar refractivity (Wildman–Crippen MR) is 69.8 cm³/mol. The van der Waals surface area contributed by atoms with Crippen molar-refractivity contribution in [3.8, 4) is 11.1 Å². The molecule has 0 saturated carbocycles. The van der Waals surface area contributed by atoms with Crippen molar-refractivity contribution in [1.82, 2.24) is 9.78 Å². The zero-order chi connectivity index (χ0) is 13.4. The van der Waals surface area contributed by atoms with E-state index in [1.165, 1.54) is 0 Å². The Hall–Kier alpha value is -2.56. The van der Waals surface area contributed by atoms with Gasteiger partial charge in [-0.05, 0) is 6.07 Å². The lowest BCUT2D eigenvalue weighted by Crippen LogP contribution is -2.07. The van der Waals surface area contributed by atoms with Crippen molar-refractivity contribution in [2.45, 2.75) is 6.42 Å². The van der Waals surface area contributed by atoms with Gasteiger partial charge in [0.2, 0.25) is 0 Å². The first-order valence-corrected chi connectivity index (χ1v) is 5.86. The van der Waals surface area contributed by atoms with E-state index in [1.54, 1.807) is 24.2 Å². The van der Waals surface area contributed by atoms with Gasteiger partial charge in [-0.25, -0.2) is 0 Å². The van der Waals surface area contributed by atoms with Gasteiger partial charge in [-0.2, -0.15) is 5.10 Å². The van der Waals surface area contributed by atoms with E-state index in [9.17, 15) is 4.79 Å². The number of fused-ring (bicyclic) bond motifs is 1. The molecule has 0 spiro atoms. The summed E-state index contributed by atoms with van der Waals surface area (Å²) in [5, 5.41) is 14.1. The van der Waals surface area contributed by atoms with Gasteiger partial charge in [0.15, 0.2) is 0 Å². The highest BCUT2D eigenvalue weighted by atomic mass is 16.4. The first-order chi connectivity index (χ1) is 9.16. The molecule has 5 heteroatoms. The maximum absolute atomic E-state index is 10.9. The average molecular weight is 256 g/mol. The zero-order valence-corrected chi connectivity index (χ0v) is 10.3. The van der Waals surface area contributed by atoms with Crippen LogP contribution in [0.2, 0.25) is 0 Å². The zero-order valence-electron chi connectivity index (χ0n) is 10.3. The number of benzene rings is 1. The average Bonchev–Trinajstić information content (AvgIpc) is 2.94. The number of carboxylic acid groups (broad SMARTS) is 1. The first kappa shape index (κ1) is 11.5. The lowest BCUT2D eigenvalue weighted by atomic mass is 10.0. The van der Waals surface area contributed by atoms with Crippen LogP contribution in [-0.4, -0.2) is 20.9 Å². The molecule has 19 heavy (non-hydrogen) atoms. The Labute approximate surface area is 109 Å². The number of carboxylic acids is 1. The van der Waals surface area contributed by atoms with Gasteiger partial charge in [-0.15, -0.1) is 0 Å². The van der Waals surface area contributed by atoms with E-state index in [0.29, 0.717) is 5.69 Å². The van der Waals surface area contributed by atoms with Crippen molar-refractivity contribution in [2.75, 3.05) is 0 Å². The molecule has 0 unspecified atom stereocenters. The highest BCUT2D eigenvalue weighted by molar-refractivity contribution is 5.94. The minimum Gasteiger partial charge on any atom is -0.481 e. The fraction of sp³-hybridized carbons (Fsp3) is 0.143. The monoisotopic (exact) mass is 256 g/mol. The smallest absolute Gasteiger partial charge is 0.309 e. The van der Waals surface area contributed by atoms with E-state index in [4.69, 9.17) is 9.52 Å². The largest absolute Gasteiger partial charge is 0.481 e. The van der Waals surface area contributed by atoms with Crippen molar-refractivity contribution < 1.29 is 14.3 Å².